The van der Waals surface area contributed by atoms with Crippen molar-refractivity contribution in [3.63, 3.8) is 0 Å². The lowest BCUT2D eigenvalue weighted by Crippen LogP contribution is -2.73. The minimum Gasteiger partial charge on any atom is -0.399 e. The molecule has 0 aromatic heterocycles. The molecule has 0 amide bonds. The standard InChI is InChI=1S/C30H42O7Si/c1-29(2,3)38(21-14-8-5-9-15-21,22-16-10-6-11-17-22)37-28-25(34-20-33-4)23(31)24(32)26-27(28)36-30(35-26)18-12-7-13-19-30/h5-6,8-11,14-17,23-28,31-32H,7,12-13,18-20H2,1-4H3/t23-,24-,25+,26+,27+,28-/m0/s1. The molecule has 2 aromatic rings. The van der Waals surface area contributed by atoms with Gasteiger partial charge in [-0.15, -0.1) is 0 Å². The number of methoxy groups -OCH3 is 1. The molecule has 0 bridgehead atoms. The van der Waals surface area contributed by atoms with E-state index >= 15 is 0 Å². The SMILES string of the molecule is COCO[C@@H]1[C@@H](O)[C@H](O)[C@H]2OC3(CCCCC3)O[C@H]2[C@H]1O[Si](c1ccccc1)(c1ccccc1)C(C)(C)C. The lowest BCUT2D eigenvalue weighted by Gasteiger charge is -2.50. The smallest absolute Gasteiger partial charge is 0.261 e. The van der Waals surface area contributed by atoms with Gasteiger partial charge in [0.25, 0.3) is 8.32 Å². The highest BCUT2D eigenvalue weighted by Crippen LogP contribution is 2.48. The Kier molecular flexibility index (Phi) is 8.16. The molecule has 0 unspecified atom stereocenters. The fraction of sp³-hybridized carbons (Fsp3) is 0.600. The highest BCUT2D eigenvalue weighted by atomic mass is 28.4. The Morgan fingerprint density at radius 2 is 1.37 bits per heavy atom. The molecule has 8 heteroatoms. The van der Waals surface area contributed by atoms with Crippen LogP contribution in [-0.4, -0.2) is 74.8 Å². The van der Waals surface area contributed by atoms with Gasteiger partial charge in [-0.25, -0.2) is 0 Å². The van der Waals surface area contributed by atoms with Crippen molar-refractivity contribution < 1.29 is 33.6 Å². The summed E-state index contributed by atoms with van der Waals surface area (Å²) in [6, 6.07) is 20.7. The van der Waals surface area contributed by atoms with E-state index in [1.165, 1.54) is 0 Å². The van der Waals surface area contributed by atoms with Gasteiger partial charge in [0.15, 0.2) is 5.79 Å². The molecule has 3 aliphatic rings. The van der Waals surface area contributed by atoms with Crippen molar-refractivity contribution in [2.75, 3.05) is 13.9 Å². The number of aliphatic hydroxyl groups is 2. The Bertz CT molecular complexity index is 998. The minimum atomic E-state index is -3.04. The van der Waals surface area contributed by atoms with Crippen LogP contribution in [0.15, 0.2) is 60.7 Å². The van der Waals surface area contributed by atoms with Gasteiger partial charge in [0.05, 0.1) is 0 Å². The number of ether oxygens (including phenoxy) is 4. The first kappa shape index (κ1) is 27.9. The van der Waals surface area contributed by atoms with Crippen LogP contribution in [0.5, 0.6) is 0 Å². The molecule has 7 nitrogen and oxygen atoms in total. The second-order valence-corrected chi connectivity index (χ2v) is 16.2. The first-order valence-corrected chi connectivity index (χ1v) is 15.7. The summed E-state index contributed by atoms with van der Waals surface area (Å²) in [6.07, 6.45) is -0.601. The molecular formula is C30H42O7Si. The molecule has 1 spiro atoms. The summed E-state index contributed by atoms with van der Waals surface area (Å²) in [5.74, 6) is -0.766. The van der Waals surface area contributed by atoms with E-state index in [1.807, 2.05) is 36.4 Å². The predicted octanol–water partition coefficient (Wildman–Crippen LogP) is 3.10. The van der Waals surface area contributed by atoms with Gasteiger partial charge in [-0.3, -0.25) is 0 Å². The van der Waals surface area contributed by atoms with E-state index in [2.05, 4.69) is 45.0 Å². The Morgan fingerprint density at radius 3 is 1.89 bits per heavy atom. The molecular weight excluding hydrogens is 500 g/mol. The maximum absolute atomic E-state index is 11.4. The van der Waals surface area contributed by atoms with Crippen molar-refractivity contribution in [2.24, 2.45) is 0 Å². The molecule has 2 aromatic carbocycles. The van der Waals surface area contributed by atoms with E-state index in [9.17, 15) is 10.2 Å². The van der Waals surface area contributed by atoms with E-state index in [-0.39, 0.29) is 11.8 Å². The summed E-state index contributed by atoms with van der Waals surface area (Å²) in [5.41, 5.74) is 0. The molecule has 2 N–H and O–H groups in total. The predicted molar refractivity (Wildman–Crippen MR) is 147 cm³/mol. The largest absolute Gasteiger partial charge is 0.399 e. The summed E-state index contributed by atoms with van der Waals surface area (Å²) in [7, 11) is -1.50. The van der Waals surface area contributed by atoms with E-state index < -0.39 is 50.7 Å². The van der Waals surface area contributed by atoms with Crippen LogP contribution in [0.2, 0.25) is 5.04 Å². The molecule has 0 radical (unpaired) electrons. The van der Waals surface area contributed by atoms with Crippen molar-refractivity contribution >= 4 is 18.7 Å². The van der Waals surface area contributed by atoms with Crippen molar-refractivity contribution in [2.45, 2.75) is 100 Å². The van der Waals surface area contributed by atoms with Crippen molar-refractivity contribution in [1.82, 2.24) is 0 Å². The van der Waals surface area contributed by atoms with Gasteiger partial charge < -0.3 is 33.6 Å². The molecule has 6 atom stereocenters. The number of aliphatic hydroxyl groups excluding tert-OH is 2. The van der Waals surface area contributed by atoms with Crippen molar-refractivity contribution in [3.05, 3.63) is 60.7 Å². The number of hydrogen-bond donors (Lipinski definition) is 2. The molecule has 2 aliphatic carbocycles. The Hall–Kier alpha value is -1.62. The van der Waals surface area contributed by atoms with E-state index in [4.69, 9.17) is 23.4 Å². The third-order valence-corrected chi connectivity index (χ3v) is 13.5. The zero-order valence-corrected chi connectivity index (χ0v) is 23.9. The molecule has 38 heavy (non-hydrogen) atoms. The average Bonchev–Trinajstić information content (AvgIpc) is 3.28. The molecule has 3 fully saturated rings. The van der Waals surface area contributed by atoms with Gasteiger partial charge >= 0.3 is 0 Å². The van der Waals surface area contributed by atoms with Crippen LogP contribution in [0.25, 0.3) is 0 Å². The number of rotatable bonds is 7. The second kappa shape index (κ2) is 11.1. The Labute approximate surface area is 227 Å². The molecule has 5 rings (SSSR count). The Balaban J connectivity index is 1.64. The average molecular weight is 543 g/mol. The van der Waals surface area contributed by atoms with Gasteiger partial charge in [-0.2, -0.15) is 0 Å². The zero-order chi connectivity index (χ0) is 27.0. The van der Waals surface area contributed by atoms with Crippen LogP contribution in [0.1, 0.15) is 52.9 Å². The van der Waals surface area contributed by atoms with Crippen LogP contribution < -0.4 is 10.4 Å². The van der Waals surface area contributed by atoms with Crippen molar-refractivity contribution in [1.29, 1.82) is 0 Å². The number of fused-ring (bicyclic) bond motifs is 1. The van der Waals surface area contributed by atoms with Crippen LogP contribution in [0, 0.1) is 0 Å². The highest BCUT2D eigenvalue weighted by Gasteiger charge is 2.63. The molecule has 208 valence electrons. The maximum Gasteiger partial charge on any atom is 0.261 e. The molecule has 1 saturated heterocycles. The Morgan fingerprint density at radius 1 is 0.816 bits per heavy atom. The fourth-order valence-electron chi connectivity index (χ4n) is 6.64. The first-order valence-electron chi connectivity index (χ1n) is 13.8. The summed E-state index contributed by atoms with van der Waals surface area (Å²) < 4.78 is 32.0. The molecule has 1 aliphatic heterocycles. The van der Waals surface area contributed by atoms with E-state index in [0.717, 1.165) is 42.5 Å². The third-order valence-electron chi connectivity index (χ3n) is 8.42. The van der Waals surface area contributed by atoms with Gasteiger partial charge in [-0.1, -0.05) is 87.9 Å². The second-order valence-electron chi connectivity index (χ2n) is 11.9. The molecule has 1 heterocycles. The monoisotopic (exact) mass is 542 g/mol. The van der Waals surface area contributed by atoms with Gasteiger partial charge in [0.1, 0.15) is 43.4 Å². The summed E-state index contributed by atoms with van der Waals surface area (Å²) in [6.45, 7) is 6.60. The van der Waals surface area contributed by atoms with E-state index in [0.29, 0.717) is 0 Å². The van der Waals surface area contributed by atoms with E-state index in [1.54, 1.807) is 7.11 Å². The van der Waals surface area contributed by atoms with Gasteiger partial charge in [0.2, 0.25) is 0 Å². The first-order chi connectivity index (χ1) is 18.2. The summed E-state index contributed by atoms with van der Waals surface area (Å²) in [5, 5.41) is 24.5. The lowest BCUT2D eigenvalue weighted by atomic mass is 9.85. The number of benzene rings is 2. The lowest BCUT2D eigenvalue weighted by molar-refractivity contribution is -0.223. The maximum atomic E-state index is 11.4. The van der Waals surface area contributed by atoms with Crippen LogP contribution in [-0.2, 0) is 23.4 Å². The number of hydrogen-bond acceptors (Lipinski definition) is 7. The van der Waals surface area contributed by atoms with Crippen molar-refractivity contribution in [3.8, 4) is 0 Å². The van der Waals surface area contributed by atoms with Crippen LogP contribution in [0.4, 0.5) is 0 Å². The normalized spacial score (nSPS) is 31.3. The van der Waals surface area contributed by atoms with Gasteiger partial charge in [-0.05, 0) is 28.3 Å². The third kappa shape index (κ3) is 4.90. The fourth-order valence-corrected chi connectivity index (χ4v) is 11.3. The van der Waals surface area contributed by atoms with Crippen LogP contribution in [0.3, 0.4) is 0 Å². The topological polar surface area (TPSA) is 86.6 Å². The van der Waals surface area contributed by atoms with Crippen LogP contribution >= 0.6 is 0 Å². The highest BCUT2D eigenvalue weighted by molar-refractivity contribution is 6.99. The quantitative estimate of drug-likeness (QED) is 0.411. The van der Waals surface area contributed by atoms with Gasteiger partial charge in [0, 0.05) is 20.0 Å². The molecule has 2 saturated carbocycles. The minimum absolute atomic E-state index is 0.0432. The zero-order valence-electron chi connectivity index (χ0n) is 22.9. The summed E-state index contributed by atoms with van der Waals surface area (Å²) >= 11 is 0. The summed E-state index contributed by atoms with van der Waals surface area (Å²) in [4.78, 5) is 0.